The first-order valence-electron chi connectivity index (χ1n) is 12.5. The van der Waals surface area contributed by atoms with Gasteiger partial charge in [0.15, 0.2) is 0 Å². The number of amides is 1. The number of methoxy groups -OCH3 is 1. The van der Waals surface area contributed by atoms with Gasteiger partial charge >= 0.3 is 0 Å². The van der Waals surface area contributed by atoms with Crippen molar-refractivity contribution >= 4 is 38.7 Å². The molecule has 9 nitrogen and oxygen atoms in total. The Bertz CT molecular complexity index is 1420. The van der Waals surface area contributed by atoms with Crippen LogP contribution in [0, 0.1) is 0 Å². The summed E-state index contributed by atoms with van der Waals surface area (Å²) in [6.45, 7) is 3.95. The second-order valence-electron chi connectivity index (χ2n) is 9.42. The van der Waals surface area contributed by atoms with Crippen molar-refractivity contribution in [3.05, 3.63) is 72.3 Å². The van der Waals surface area contributed by atoms with E-state index in [9.17, 15) is 13.2 Å². The molecular formula is C28H32N4O5S. The second-order valence-corrected chi connectivity index (χ2v) is 11.4. The van der Waals surface area contributed by atoms with Crippen LogP contribution >= 0.6 is 0 Å². The number of nitrogens with one attached hydrogen (secondary N) is 1. The summed E-state index contributed by atoms with van der Waals surface area (Å²) in [6, 6.07) is 20.1. The summed E-state index contributed by atoms with van der Waals surface area (Å²) in [5, 5.41) is 3.36. The number of benzene rings is 3. The summed E-state index contributed by atoms with van der Waals surface area (Å²) >= 11 is 0. The highest BCUT2D eigenvalue weighted by Gasteiger charge is 2.34. The molecule has 0 unspecified atom stereocenters. The highest BCUT2D eigenvalue weighted by atomic mass is 32.2. The summed E-state index contributed by atoms with van der Waals surface area (Å²) < 4.78 is 38.3. The molecular weight excluding hydrogens is 504 g/mol. The Balaban J connectivity index is 1.43. The van der Waals surface area contributed by atoms with Crippen LogP contribution < -0.4 is 19.9 Å². The quantitative estimate of drug-likeness (QED) is 0.491. The number of likely N-dealkylation sites (N-methyl/N-ethyl adjacent to an activating group) is 1. The first kappa shape index (κ1) is 26.0. The molecule has 0 aliphatic carbocycles. The van der Waals surface area contributed by atoms with Gasteiger partial charge in [0.05, 0.1) is 36.6 Å². The second kappa shape index (κ2) is 10.6. The minimum Gasteiger partial charge on any atom is -0.497 e. The van der Waals surface area contributed by atoms with E-state index < -0.39 is 10.0 Å². The molecule has 3 aromatic carbocycles. The summed E-state index contributed by atoms with van der Waals surface area (Å²) in [5.41, 5.74) is 4.24. The van der Waals surface area contributed by atoms with Crippen LogP contribution in [-0.4, -0.2) is 65.1 Å². The Kier molecular flexibility index (Phi) is 7.29. The maximum atomic E-state index is 13.1. The minimum absolute atomic E-state index is 0.0211. The zero-order chi connectivity index (χ0) is 26.9. The van der Waals surface area contributed by atoms with E-state index in [0.29, 0.717) is 38.5 Å². The monoisotopic (exact) mass is 536 g/mol. The maximum absolute atomic E-state index is 13.1. The Morgan fingerprint density at radius 2 is 1.68 bits per heavy atom. The van der Waals surface area contributed by atoms with E-state index in [1.165, 1.54) is 4.31 Å². The summed E-state index contributed by atoms with van der Waals surface area (Å²) in [4.78, 5) is 17.0. The molecule has 10 heteroatoms. The van der Waals surface area contributed by atoms with Crippen molar-refractivity contribution in [2.24, 2.45) is 0 Å². The zero-order valence-corrected chi connectivity index (χ0v) is 22.6. The van der Waals surface area contributed by atoms with Gasteiger partial charge in [-0.3, -0.25) is 4.79 Å². The van der Waals surface area contributed by atoms with Gasteiger partial charge in [0.25, 0.3) is 0 Å². The van der Waals surface area contributed by atoms with Gasteiger partial charge in [0, 0.05) is 38.1 Å². The summed E-state index contributed by atoms with van der Waals surface area (Å²) in [7, 11) is -0.187. The van der Waals surface area contributed by atoms with Gasteiger partial charge in [-0.2, -0.15) is 4.31 Å². The van der Waals surface area contributed by atoms with E-state index in [1.54, 1.807) is 37.3 Å². The predicted molar refractivity (Wildman–Crippen MR) is 148 cm³/mol. The third-order valence-electron chi connectivity index (χ3n) is 7.04. The number of hydrogen-bond donors (Lipinski definition) is 1. The number of morpholine rings is 1. The van der Waals surface area contributed by atoms with E-state index in [0.717, 1.165) is 28.4 Å². The van der Waals surface area contributed by atoms with Gasteiger partial charge < -0.3 is 24.6 Å². The minimum atomic E-state index is -3.61. The largest absolute Gasteiger partial charge is 0.497 e. The highest BCUT2D eigenvalue weighted by Crippen LogP contribution is 2.39. The van der Waals surface area contributed by atoms with Crippen LogP contribution in [-0.2, 0) is 26.1 Å². The van der Waals surface area contributed by atoms with Gasteiger partial charge in [-0.25, -0.2) is 8.42 Å². The standard InChI is InChI=1S/C28H32N4O5S/c1-20-28(33)30(2)26-12-9-23(18-27(26)32(20)19-21-7-10-24(36-3)11-8-21)29-22-5-4-6-25(17-22)38(34,35)31-13-15-37-16-14-31/h4-12,17-18,20,29H,13-16,19H2,1-3H3/t20-/m1/s1. The maximum Gasteiger partial charge on any atom is 0.249 e. The lowest BCUT2D eigenvalue weighted by atomic mass is 10.0. The van der Waals surface area contributed by atoms with Gasteiger partial charge in [-0.1, -0.05) is 18.2 Å². The van der Waals surface area contributed by atoms with E-state index in [-0.39, 0.29) is 16.8 Å². The molecule has 200 valence electrons. The number of ether oxygens (including phenoxy) is 2. The van der Waals surface area contributed by atoms with Gasteiger partial charge in [-0.05, 0) is 61.0 Å². The molecule has 0 radical (unpaired) electrons. The molecule has 5 rings (SSSR count). The average Bonchev–Trinajstić information content (AvgIpc) is 2.95. The summed E-state index contributed by atoms with van der Waals surface area (Å²) in [5.74, 6) is 0.800. The number of rotatable bonds is 7. The number of carbonyl (C=O) groups excluding carboxylic acids is 1. The topological polar surface area (TPSA) is 91.4 Å². The van der Waals surface area contributed by atoms with Crippen LogP contribution in [0.1, 0.15) is 12.5 Å². The number of sulfonamides is 1. The van der Waals surface area contributed by atoms with Crippen LogP contribution in [0.4, 0.5) is 22.7 Å². The lowest BCUT2D eigenvalue weighted by Gasteiger charge is -2.40. The Hall–Kier alpha value is -3.60. The third kappa shape index (κ3) is 5.07. The highest BCUT2D eigenvalue weighted by molar-refractivity contribution is 7.89. The molecule has 3 aromatic rings. The van der Waals surface area contributed by atoms with Crippen molar-refractivity contribution in [3.63, 3.8) is 0 Å². The van der Waals surface area contributed by atoms with Crippen molar-refractivity contribution in [2.45, 2.75) is 24.4 Å². The van der Waals surface area contributed by atoms with E-state index in [4.69, 9.17) is 9.47 Å². The number of fused-ring (bicyclic) bond motifs is 1. The van der Waals surface area contributed by atoms with Crippen LogP contribution in [0.3, 0.4) is 0 Å². The number of carbonyl (C=O) groups is 1. The predicted octanol–water partition coefficient (Wildman–Crippen LogP) is 3.83. The van der Waals surface area contributed by atoms with Crippen molar-refractivity contribution in [1.82, 2.24) is 4.31 Å². The molecule has 1 N–H and O–H groups in total. The summed E-state index contributed by atoms with van der Waals surface area (Å²) in [6.07, 6.45) is 0. The fraction of sp³-hybridized carbons (Fsp3) is 0.321. The van der Waals surface area contributed by atoms with Gasteiger partial charge in [0.2, 0.25) is 15.9 Å². The van der Waals surface area contributed by atoms with Crippen LogP contribution in [0.25, 0.3) is 0 Å². The molecule has 2 heterocycles. The van der Waals surface area contributed by atoms with Gasteiger partial charge in [0.1, 0.15) is 11.8 Å². The molecule has 1 saturated heterocycles. The van der Waals surface area contributed by atoms with Crippen LogP contribution in [0.2, 0.25) is 0 Å². The molecule has 1 fully saturated rings. The fourth-order valence-corrected chi connectivity index (χ4v) is 6.30. The lowest BCUT2D eigenvalue weighted by Crippen LogP contribution is -2.50. The van der Waals surface area contributed by atoms with Crippen molar-refractivity contribution < 1.29 is 22.7 Å². The number of anilines is 4. The Morgan fingerprint density at radius 3 is 2.39 bits per heavy atom. The fourth-order valence-electron chi connectivity index (χ4n) is 4.84. The first-order valence-corrected chi connectivity index (χ1v) is 14.0. The van der Waals surface area contributed by atoms with Crippen LogP contribution in [0.5, 0.6) is 5.75 Å². The molecule has 2 aliphatic rings. The first-order chi connectivity index (χ1) is 18.3. The van der Waals surface area contributed by atoms with Crippen LogP contribution in [0.15, 0.2) is 71.6 Å². The zero-order valence-electron chi connectivity index (χ0n) is 21.8. The molecule has 0 aromatic heterocycles. The Labute approximate surface area is 223 Å². The normalized spacial score (nSPS) is 18.3. The smallest absolute Gasteiger partial charge is 0.249 e. The SMILES string of the molecule is COc1ccc(CN2c3cc(Nc4cccc(S(=O)(=O)N5CCOCC5)c4)ccc3N(C)C(=O)[C@H]2C)cc1. The molecule has 38 heavy (non-hydrogen) atoms. The third-order valence-corrected chi connectivity index (χ3v) is 8.94. The van der Waals surface area contributed by atoms with Gasteiger partial charge in [-0.15, -0.1) is 0 Å². The van der Waals surface area contributed by atoms with E-state index >= 15 is 0 Å². The number of hydrogen-bond acceptors (Lipinski definition) is 7. The van der Waals surface area contributed by atoms with Crippen molar-refractivity contribution in [3.8, 4) is 5.75 Å². The van der Waals surface area contributed by atoms with Crippen molar-refractivity contribution in [1.29, 1.82) is 0 Å². The molecule has 2 aliphatic heterocycles. The molecule has 1 amide bonds. The average molecular weight is 537 g/mol. The van der Waals surface area contributed by atoms with E-state index in [1.807, 2.05) is 55.5 Å². The van der Waals surface area contributed by atoms with E-state index in [2.05, 4.69) is 10.2 Å². The molecule has 0 spiro atoms. The Morgan fingerprint density at radius 1 is 0.974 bits per heavy atom. The van der Waals surface area contributed by atoms with Crippen molar-refractivity contribution in [2.75, 3.05) is 55.6 Å². The number of nitrogens with zero attached hydrogens (tertiary/aromatic N) is 3. The lowest BCUT2D eigenvalue weighted by molar-refractivity contribution is -0.119. The molecule has 0 saturated carbocycles. The molecule has 0 bridgehead atoms. The molecule has 1 atom stereocenters.